The van der Waals surface area contributed by atoms with Gasteiger partial charge in [0, 0.05) is 57.1 Å². The monoisotopic (exact) mass is 722 g/mol. The molecule has 1 N–H and O–H groups in total. The molecular formula is C41H39FN10O2. The number of carbonyl (C=O) groups excluding carboxylic acids is 2. The Kier molecular flexibility index (Phi) is 8.75. The minimum Gasteiger partial charge on any atom is -0.354 e. The number of piperidine rings is 1. The Balaban J connectivity index is 0.854. The predicted molar refractivity (Wildman–Crippen MR) is 203 cm³/mol. The number of pyridine rings is 1. The molecule has 7 heterocycles. The first-order chi connectivity index (χ1) is 26.4. The van der Waals surface area contributed by atoms with Gasteiger partial charge in [0.1, 0.15) is 23.1 Å². The predicted octanol–water partition coefficient (Wildman–Crippen LogP) is 4.85. The molecule has 272 valence electrons. The highest BCUT2D eigenvalue weighted by Crippen LogP contribution is 2.36. The van der Waals surface area contributed by atoms with E-state index in [1.807, 2.05) is 66.3 Å². The third-order valence-electron chi connectivity index (χ3n) is 10.8. The number of imide groups is 1. The van der Waals surface area contributed by atoms with Gasteiger partial charge in [-0.15, -0.1) is 5.10 Å². The van der Waals surface area contributed by atoms with Crippen LogP contribution in [0.15, 0.2) is 79.0 Å². The van der Waals surface area contributed by atoms with E-state index >= 15 is 0 Å². The van der Waals surface area contributed by atoms with Crippen molar-refractivity contribution in [3.8, 4) is 23.2 Å². The molecule has 54 heavy (non-hydrogen) atoms. The lowest BCUT2D eigenvalue weighted by molar-refractivity contribution is -0.134. The van der Waals surface area contributed by atoms with Gasteiger partial charge in [-0.2, -0.15) is 5.10 Å². The molecule has 3 aliphatic rings. The van der Waals surface area contributed by atoms with Crippen LogP contribution in [0, 0.1) is 17.7 Å². The number of benzene rings is 2. The number of imidazole rings is 1. The third kappa shape index (κ3) is 6.43. The number of aromatic nitrogens is 6. The summed E-state index contributed by atoms with van der Waals surface area (Å²) in [6.07, 6.45) is 4.57. The van der Waals surface area contributed by atoms with Crippen molar-refractivity contribution in [1.82, 2.24) is 39.6 Å². The number of halogens is 1. The van der Waals surface area contributed by atoms with Gasteiger partial charge in [0.25, 0.3) is 0 Å². The number of nitrogens with one attached hydrogen (secondary N) is 1. The van der Waals surface area contributed by atoms with Crippen LogP contribution in [-0.4, -0.2) is 85.3 Å². The molecule has 3 saturated heterocycles. The maximum Gasteiger partial charge on any atom is 0.235 e. The number of aryl methyl sites for hydroxylation is 1. The Bertz CT molecular complexity index is 2470. The van der Waals surface area contributed by atoms with Crippen LogP contribution < -0.4 is 15.1 Å². The van der Waals surface area contributed by atoms with Crippen LogP contribution in [0.2, 0.25) is 0 Å². The second-order valence-electron chi connectivity index (χ2n) is 14.2. The van der Waals surface area contributed by atoms with E-state index in [0.717, 1.165) is 96.3 Å². The zero-order valence-electron chi connectivity index (χ0n) is 30.0. The molecule has 9 rings (SSSR count). The second-order valence-corrected chi connectivity index (χ2v) is 14.2. The first kappa shape index (κ1) is 33.7. The summed E-state index contributed by atoms with van der Waals surface area (Å²) in [4.78, 5) is 40.7. The quantitative estimate of drug-likeness (QED) is 0.190. The molecule has 0 spiro atoms. The lowest BCUT2D eigenvalue weighted by Crippen LogP contribution is -2.46. The second kappa shape index (κ2) is 14.0. The third-order valence-corrected chi connectivity index (χ3v) is 10.8. The summed E-state index contributed by atoms with van der Waals surface area (Å²) in [5.41, 5.74) is 5.83. The Morgan fingerprint density at radius 1 is 0.907 bits per heavy atom. The number of carbonyl (C=O) groups is 2. The van der Waals surface area contributed by atoms with E-state index in [1.54, 1.807) is 16.8 Å². The number of fused-ring (bicyclic) bond motifs is 2. The zero-order valence-corrected chi connectivity index (χ0v) is 30.0. The number of amides is 2. The van der Waals surface area contributed by atoms with E-state index in [0.29, 0.717) is 25.1 Å². The van der Waals surface area contributed by atoms with Crippen LogP contribution in [0.3, 0.4) is 0 Å². The Hall–Kier alpha value is -6.13. The van der Waals surface area contributed by atoms with Crippen LogP contribution in [0.25, 0.3) is 27.9 Å². The molecule has 0 saturated carbocycles. The molecule has 0 radical (unpaired) electrons. The van der Waals surface area contributed by atoms with Crippen LogP contribution >= 0.6 is 0 Å². The van der Waals surface area contributed by atoms with Crippen molar-refractivity contribution in [2.75, 3.05) is 49.1 Å². The van der Waals surface area contributed by atoms with Gasteiger partial charge >= 0.3 is 0 Å². The Morgan fingerprint density at radius 2 is 1.78 bits per heavy atom. The number of piperazine rings is 1. The van der Waals surface area contributed by atoms with E-state index in [-0.39, 0.29) is 23.7 Å². The molecule has 0 bridgehead atoms. The molecule has 13 heteroatoms. The molecule has 4 aromatic heterocycles. The van der Waals surface area contributed by atoms with E-state index < -0.39 is 5.92 Å². The van der Waals surface area contributed by atoms with Gasteiger partial charge in [-0.25, -0.2) is 18.9 Å². The lowest BCUT2D eigenvalue weighted by atomic mass is 9.92. The fraction of sp³-hybridized carbons (Fsp3) is 0.317. The zero-order chi connectivity index (χ0) is 36.8. The van der Waals surface area contributed by atoms with Crippen molar-refractivity contribution in [2.24, 2.45) is 7.05 Å². The highest BCUT2D eigenvalue weighted by Gasteiger charge is 2.32. The molecule has 3 aliphatic heterocycles. The highest BCUT2D eigenvalue weighted by atomic mass is 19.1. The largest absolute Gasteiger partial charge is 0.354 e. The molecule has 2 atom stereocenters. The molecular weight excluding hydrogens is 684 g/mol. The maximum absolute atomic E-state index is 14.1. The molecule has 2 aromatic carbocycles. The summed E-state index contributed by atoms with van der Waals surface area (Å²) in [6.45, 7) is 4.88. The SMILES string of the molecule is Cn1nc(C2CCC(=O)NC2=O)c2ccc(C#CCN3CCN(c4cccc(-c5cnc6ccc(N7CCC[C@@H]7c7cccc(F)c7)nn56)n4)CC3)cc21. The van der Waals surface area contributed by atoms with Gasteiger partial charge in [0.15, 0.2) is 5.65 Å². The Morgan fingerprint density at radius 3 is 2.63 bits per heavy atom. The van der Waals surface area contributed by atoms with Crippen molar-refractivity contribution in [3.05, 3.63) is 102 Å². The maximum atomic E-state index is 14.1. The van der Waals surface area contributed by atoms with E-state index in [2.05, 4.69) is 48.0 Å². The number of hydrogen-bond donors (Lipinski definition) is 1. The van der Waals surface area contributed by atoms with Crippen molar-refractivity contribution in [1.29, 1.82) is 0 Å². The number of rotatable bonds is 6. The first-order valence-electron chi connectivity index (χ1n) is 18.5. The molecule has 6 aromatic rings. The average molecular weight is 723 g/mol. The van der Waals surface area contributed by atoms with Crippen LogP contribution in [0.4, 0.5) is 16.0 Å². The number of anilines is 2. The fourth-order valence-corrected chi connectivity index (χ4v) is 8.00. The van der Waals surface area contributed by atoms with Crippen molar-refractivity contribution >= 4 is 40.0 Å². The van der Waals surface area contributed by atoms with Crippen molar-refractivity contribution in [3.63, 3.8) is 0 Å². The fourth-order valence-electron chi connectivity index (χ4n) is 8.00. The van der Waals surface area contributed by atoms with Crippen LogP contribution in [-0.2, 0) is 16.6 Å². The van der Waals surface area contributed by atoms with Crippen molar-refractivity contribution in [2.45, 2.75) is 37.6 Å². The van der Waals surface area contributed by atoms with E-state index in [4.69, 9.17) is 10.1 Å². The summed E-state index contributed by atoms with van der Waals surface area (Å²) < 4.78 is 17.7. The topological polar surface area (TPSA) is 117 Å². The van der Waals surface area contributed by atoms with Crippen LogP contribution in [0.1, 0.15) is 54.5 Å². The average Bonchev–Trinajstić information content (AvgIpc) is 3.93. The minimum atomic E-state index is -0.431. The summed E-state index contributed by atoms with van der Waals surface area (Å²) in [5.74, 6) is 7.24. The van der Waals surface area contributed by atoms with Gasteiger partial charge in [-0.1, -0.05) is 30.0 Å². The summed E-state index contributed by atoms with van der Waals surface area (Å²) in [7, 11) is 1.87. The highest BCUT2D eigenvalue weighted by molar-refractivity contribution is 6.02. The molecule has 12 nitrogen and oxygen atoms in total. The standard InChI is InChI=1S/C41H39FN10O2/c1-48-34-24-27(12-13-30(34)40(47-48)31-14-17-39(53)45-41(31)54)6-4-18-49-20-22-50(23-21-49)37-11-3-9-32(44-37)35-26-43-36-15-16-38(46-52(35)36)51-19-5-10-33(51)28-7-2-8-29(42)25-28/h2-3,7-9,11-13,15-16,24-26,31,33H,5,10,14,17-23H2,1H3,(H,45,53,54)/t31?,33-/m1/s1. The van der Waals surface area contributed by atoms with Gasteiger partial charge in [-0.3, -0.25) is 24.5 Å². The Labute approximate surface area is 311 Å². The normalized spacial score (nSPS) is 19.4. The van der Waals surface area contributed by atoms with Gasteiger partial charge in [0.05, 0.1) is 41.6 Å². The van der Waals surface area contributed by atoms with E-state index in [9.17, 15) is 14.0 Å². The number of hydrogen-bond acceptors (Lipinski definition) is 9. The minimum absolute atomic E-state index is 0.0712. The molecule has 1 unspecified atom stereocenters. The molecule has 3 fully saturated rings. The van der Waals surface area contributed by atoms with Crippen molar-refractivity contribution < 1.29 is 14.0 Å². The van der Waals surface area contributed by atoms with Gasteiger partial charge in [0.2, 0.25) is 11.8 Å². The number of nitrogens with zero attached hydrogens (tertiary/aromatic N) is 9. The lowest BCUT2D eigenvalue weighted by Gasteiger charge is -2.34. The van der Waals surface area contributed by atoms with E-state index in [1.165, 1.54) is 6.07 Å². The van der Waals surface area contributed by atoms with Crippen LogP contribution in [0.5, 0.6) is 0 Å². The molecule has 2 amide bonds. The molecule has 0 aliphatic carbocycles. The summed E-state index contributed by atoms with van der Waals surface area (Å²) in [5, 5.41) is 13.0. The summed E-state index contributed by atoms with van der Waals surface area (Å²) in [6, 6.07) is 23.0. The van der Waals surface area contributed by atoms with Gasteiger partial charge in [-0.05, 0) is 79.4 Å². The first-order valence-corrected chi connectivity index (χ1v) is 18.5. The smallest absolute Gasteiger partial charge is 0.235 e. The summed E-state index contributed by atoms with van der Waals surface area (Å²) >= 11 is 0. The van der Waals surface area contributed by atoms with Gasteiger partial charge < -0.3 is 9.80 Å².